The van der Waals surface area contributed by atoms with Crippen molar-refractivity contribution in [3.8, 4) is 0 Å². The van der Waals surface area contributed by atoms with Gasteiger partial charge in [-0.3, -0.25) is 0 Å². The van der Waals surface area contributed by atoms with E-state index >= 15 is 0 Å². The molecule has 2 nitrogen and oxygen atoms in total. The normalized spacial score (nSPS) is 28.9. The summed E-state index contributed by atoms with van der Waals surface area (Å²) in [6.45, 7) is 0.879. The van der Waals surface area contributed by atoms with Crippen LogP contribution < -0.4 is 0 Å². The molecule has 0 aliphatic carbocycles. The van der Waals surface area contributed by atoms with Crippen LogP contribution in [-0.2, 0) is 4.74 Å². The molecule has 1 aliphatic heterocycles. The zero-order chi connectivity index (χ0) is 5.82. The molecule has 0 bridgehead atoms. The SMILES string of the molecule is SN=BC1CCCO1. The van der Waals surface area contributed by atoms with Crippen molar-refractivity contribution in [2.24, 2.45) is 4.30 Å². The van der Waals surface area contributed by atoms with Crippen molar-refractivity contribution < 1.29 is 4.74 Å². The van der Waals surface area contributed by atoms with E-state index in [2.05, 4.69) is 17.1 Å². The van der Waals surface area contributed by atoms with Crippen LogP contribution in [0.15, 0.2) is 4.30 Å². The molecule has 0 radical (unpaired) electrons. The summed E-state index contributed by atoms with van der Waals surface area (Å²) < 4.78 is 8.76. The van der Waals surface area contributed by atoms with Gasteiger partial charge in [0.25, 0.3) is 0 Å². The first-order valence-corrected chi connectivity index (χ1v) is 3.12. The van der Waals surface area contributed by atoms with E-state index in [4.69, 9.17) is 4.74 Å². The van der Waals surface area contributed by atoms with Crippen LogP contribution >= 0.6 is 12.8 Å². The first-order valence-electron chi connectivity index (χ1n) is 2.72. The molecular weight excluding hydrogens is 121 g/mol. The fourth-order valence-corrected chi connectivity index (χ4v) is 0.943. The summed E-state index contributed by atoms with van der Waals surface area (Å²) in [5.74, 6) is 0. The van der Waals surface area contributed by atoms with Crippen LogP contribution in [0.5, 0.6) is 0 Å². The summed E-state index contributed by atoms with van der Waals surface area (Å²) in [5, 5.41) is 0. The molecular formula is C4H8BNOS. The van der Waals surface area contributed by atoms with Crippen LogP contribution in [0.4, 0.5) is 0 Å². The Hall–Kier alpha value is 0.175. The van der Waals surface area contributed by atoms with Gasteiger partial charge in [-0.1, -0.05) is 0 Å². The van der Waals surface area contributed by atoms with Crippen molar-refractivity contribution in [2.75, 3.05) is 6.61 Å². The second-order valence-electron chi connectivity index (χ2n) is 1.82. The number of hydrogen-bond donors (Lipinski definition) is 1. The van der Waals surface area contributed by atoms with Gasteiger partial charge in [0.15, 0.2) is 0 Å². The maximum absolute atomic E-state index is 5.20. The summed E-state index contributed by atoms with van der Waals surface area (Å²) >= 11 is 3.69. The zero-order valence-electron chi connectivity index (χ0n) is 4.58. The van der Waals surface area contributed by atoms with E-state index in [1.54, 1.807) is 7.07 Å². The van der Waals surface area contributed by atoms with Gasteiger partial charge in [0.1, 0.15) is 0 Å². The second-order valence-corrected chi connectivity index (χ2v) is 2.05. The van der Waals surface area contributed by atoms with Gasteiger partial charge in [0.2, 0.25) is 0 Å². The van der Waals surface area contributed by atoms with Crippen molar-refractivity contribution in [2.45, 2.75) is 18.8 Å². The van der Waals surface area contributed by atoms with Crippen LogP contribution in [-0.4, -0.2) is 19.7 Å². The fourth-order valence-electron chi connectivity index (χ4n) is 0.794. The van der Waals surface area contributed by atoms with Crippen LogP contribution in [0, 0.1) is 0 Å². The van der Waals surface area contributed by atoms with Crippen molar-refractivity contribution in [3.63, 3.8) is 0 Å². The van der Waals surface area contributed by atoms with E-state index in [1.807, 2.05) is 0 Å². The molecule has 0 aromatic heterocycles. The third-order valence-electron chi connectivity index (χ3n) is 1.20. The molecule has 1 rings (SSSR count). The van der Waals surface area contributed by atoms with Crippen molar-refractivity contribution in [1.82, 2.24) is 0 Å². The average Bonchev–Trinajstić information content (AvgIpc) is 2.19. The Morgan fingerprint density at radius 3 is 3.12 bits per heavy atom. The standard InChI is InChI=1S/C4H8BNOS/c8-6-5-4-2-1-3-7-4/h4,8H,1-3H2. The van der Waals surface area contributed by atoms with Gasteiger partial charge in [0, 0.05) is 0 Å². The molecule has 0 saturated carbocycles. The van der Waals surface area contributed by atoms with Crippen LogP contribution in [0.2, 0.25) is 0 Å². The minimum atomic E-state index is 0.243. The molecule has 0 amide bonds. The molecule has 0 aromatic carbocycles. The molecule has 1 heterocycles. The Labute approximate surface area is 55.1 Å². The van der Waals surface area contributed by atoms with Crippen molar-refractivity contribution >= 4 is 19.9 Å². The monoisotopic (exact) mass is 129 g/mol. The summed E-state index contributed by atoms with van der Waals surface area (Å²) in [4.78, 5) is 0. The average molecular weight is 129 g/mol. The van der Waals surface area contributed by atoms with Crippen LogP contribution in [0.1, 0.15) is 12.8 Å². The molecule has 1 aliphatic rings. The molecule has 4 heteroatoms. The van der Waals surface area contributed by atoms with Gasteiger partial charge >= 0.3 is 54.4 Å². The molecule has 1 fully saturated rings. The summed E-state index contributed by atoms with van der Waals surface area (Å²) in [6, 6.07) is 0.243. The second kappa shape index (κ2) is 3.25. The number of nitrogens with zero attached hydrogens (tertiary/aromatic N) is 1. The quantitative estimate of drug-likeness (QED) is 0.411. The van der Waals surface area contributed by atoms with Gasteiger partial charge < -0.3 is 0 Å². The van der Waals surface area contributed by atoms with E-state index in [0.29, 0.717) is 0 Å². The number of rotatable bonds is 1. The van der Waals surface area contributed by atoms with Gasteiger partial charge in [-0.2, -0.15) is 0 Å². The number of ether oxygens (including phenoxy) is 1. The third kappa shape index (κ3) is 1.60. The van der Waals surface area contributed by atoms with Gasteiger partial charge in [-0.05, 0) is 0 Å². The molecule has 1 saturated heterocycles. The molecule has 8 heavy (non-hydrogen) atoms. The predicted molar refractivity (Wildman–Crippen MR) is 36.1 cm³/mol. The van der Waals surface area contributed by atoms with E-state index in [1.165, 1.54) is 0 Å². The Morgan fingerprint density at radius 2 is 2.62 bits per heavy atom. The number of hydrogen-bond acceptors (Lipinski definition) is 3. The van der Waals surface area contributed by atoms with Crippen LogP contribution in [0.25, 0.3) is 0 Å². The first-order chi connectivity index (χ1) is 3.93. The Morgan fingerprint density at radius 1 is 1.75 bits per heavy atom. The summed E-state index contributed by atoms with van der Waals surface area (Å²) in [5.41, 5.74) is 0. The van der Waals surface area contributed by atoms with E-state index in [0.717, 1.165) is 19.4 Å². The minimum absolute atomic E-state index is 0.243. The zero-order valence-corrected chi connectivity index (χ0v) is 5.47. The Kier molecular flexibility index (Phi) is 2.56. The van der Waals surface area contributed by atoms with E-state index < -0.39 is 0 Å². The van der Waals surface area contributed by atoms with Gasteiger partial charge in [0.05, 0.1) is 0 Å². The molecule has 44 valence electrons. The Bertz CT molecular complexity index is 92.0. The topological polar surface area (TPSA) is 21.6 Å². The Balaban J connectivity index is 2.24. The molecule has 1 atom stereocenters. The summed E-state index contributed by atoms with van der Waals surface area (Å²) in [6.07, 6.45) is 2.26. The van der Waals surface area contributed by atoms with Gasteiger partial charge in [-0.15, -0.1) is 0 Å². The van der Waals surface area contributed by atoms with E-state index in [-0.39, 0.29) is 6.00 Å². The first kappa shape index (κ1) is 6.30. The summed E-state index contributed by atoms with van der Waals surface area (Å²) in [7, 11) is 1.73. The number of thiol groups is 1. The predicted octanol–water partition coefficient (Wildman–Crippen LogP) is 0.855. The fraction of sp³-hybridized carbons (Fsp3) is 1.00. The molecule has 0 N–H and O–H groups in total. The molecule has 1 unspecified atom stereocenters. The molecule has 0 aromatic rings. The van der Waals surface area contributed by atoms with Crippen molar-refractivity contribution in [3.05, 3.63) is 0 Å². The van der Waals surface area contributed by atoms with Crippen LogP contribution in [0.3, 0.4) is 0 Å². The van der Waals surface area contributed by atoms with Gasteiger partial charge in [-0.25, -0.2) is 0 Å². The van der Waals surface area contributed by atoms with Crippen molar-refractivity contribution in [1.29, 1.82) is 0 Å². The maximum atomic E-state index is 5.20. The molecule has 0 spiro atoms. The van der Waals surface area contributed by atoms with E-state index in [9.17, 15) is 0 Å². The third-order valence-corrected chi connectivity index (χ3v) is 1.33.